The van der Waals surface area contributed by atoms with Gasteiger partial charge in [-0.25, -0.2) is 9.97 Å². The molecular weight excluding hydrogens is 254 g/mol. The van der Waals surface area contributed by atoms with E-state index in [-0.39, 0.29) is 0 Å². The molecule has 6 heteroatoms. The molecule has 0 aliphatic carbocycles. The Morgan fingerprint density at radius 2 is 1.95 bits per heavy atom. The standard InChI is InChI=1S/C14H27N5O/c1-6-7-19(9-8-18(3)4)14-10-12(15-2)16-13(17-14)11-20-5/h10H,6-9,11H2,1-5H3,(H,15,16,17). The number of anilines is 2. The topological polar surface area (TPSA) is 53.5 Å². The molecule has 0 amide bonds. The van der Waals surface area contributed by atoms with Gasteiger partial charge < -0.3 is 19.9 Å². The van der Waals surface area contributed by atoms with E-state index in [9.17, 15) is 0 Å². The van der Waals surface area contributed by atoms with Crippen molar-refractivity contribution in [3.63, 3.8) is 0 Å². The van der Waals surface area contributed by atoms with Crippen LogP contribution in [0.4, 0.5) is 11.6 Å². The summed E-state index contributed by atoms with van der Waals surface area (Å²) in [6.45, 7) is 5.54. The lowest BCUT2D eigenvalue weighted by Gasteiger charge is -2.25. The van der Waals surface area contributed by atoms with Crippen LogP contribution in [-0.4, -0.2) is 62.8 Å². The number of hydrogen-bond acceptors (Lipinski definition) is 6. The number of ether oxygens (including phenoxy) is 1. The Labute approximate surface area is 122 Å². The second-order valence-electron chi connectivity index (χ2n) is 5.00. The van der Waals surface area contributed by atoms with E-state index in [0.29, 0.717) is 12.4 Å². The molecule has 1 N–H and O–H groups in total. The van der Waals surface area contributed by atoms with Crippen LogP contribution in [0.5, 0.6) is 0 Å². The van der Waals surface area contributed by atoms with Crippen molar-refractivity contribution < 1.29 is 4.74 Å². The maximum Gasteiger partial charge on any atom is 0.158 e. The minimum atomic E-state index is 0.427. The predicted octanol–water partition coefficient (Wildman–Crippen LogP) is 1.44. The van der Waals surface area contributed by atoms with Crippen molar-refractivity contribution in [2.24, 2.45) is 0 Å². The number of hydrogen-bond donors (Lipinski definition) is 1. The fourth-order valence-corrected chi connectivity index (χ4v) is 1.90. The molecule has 0 radical (unpaired) electrons. The third-order valence-corrected chi connectivity index (χ3v) is 2.92. The Bertz CT molecular complexity index is 397. The van der Waals surface area contributed by atoms with Gasteiger partial charge in [-0.3, -0.25) is 0 Å². The van der Waals surface area contributed by atoms with Crippen molar-refractivity contribution in [1.82, 2.24) is 14.9 Å². The summed E-state index contributed by atoms with van der Waals surface area (Å²) >= 11 is 0. The molecule has 1 aromatic rings. The molecule has 20 heavy (non-hydrogen) atoms. The first-order valence-corrected chi connectivity index (χ1v) is 7.05. The normalized spacial score (nSPS) is 10.9. The van der Waals surface area contributed by atoms with Gasteiger partial charge in [0.2, 0.25) is 0 Å². The van der Waals surface area contributed by atoms with Crippen LogP contribution >= 0.6 is 0 Å². The zero-order valence-electron chi connectivity index (χ0n) is 13.3. The van der Waals surface area contributed by atoms with E-state index >= 15 is 0 Å². The zero-order chi connectivity index (χ0) is 15.0. The summed E-state index contributed by atoms with van der Waals surface area (Å²) < 4.78 is 5.14. The number of methoxy groups -OCH3 is 1. The Morgan fingerprint density at radius 1 is 1.20 bits per heavy atom. The van der Waals surface area contributed by atoms with Crippen LogP contribution in [0.1, 0.15) is 19.2 Å². The molecule has 0 aliphatic heterocycles. The highest BCUT2D eigenvalue weighted by Crippen LogP contribution is 2.16. The molecule has 0 atom stereocenters. The monoisotopic (exact) mass is 281 g/mol. The van der Waals surface area contributed by atoms with Gasteiger partial charge in [-0.2, -0.15) is 0 Å². The van der Waals surface area contributed by atoms with Crippen molar-refractivity contribution in [3.05, 3.63) is 11.9 Å². The van der Waals surface area contributed by atoms with Gasteiger partial charge in [-0.15, -0.1) is 0 Å². The molecule has 0 saturated heterocycles. The van der Waals surface area contributed by atoms with Crippen LogP contribution in [0.2, 0.25) is 0 Å². The summed E-state index contributed by atoms with van der Waals surface area (Å²) in [5.74, 6) is 2.49. The van der Waals surface area contributed by atoms with Crippen LogP contribution in [0.3, 0.4) is 0 Å². The molecule has 0 saturated carbocycles. The first-order valence-electron chi connectivity index (χ1n) is 7.05. The van der Waals surface area contributed by atoms with E-state index in [1.165, 1.54) is 0 Å². The molecule has 1 rings (SSSR count). The van der Waals surface area contributed by atoms with Crippen molar-refractivity contribution in [3.8, 4) is 0 Å². The molecule has 114 valence electrons. The second kappa shape index (κ2) is 8.71. The van der Waals surface area contributed by atoms with Crippen LogP contribution in [0.25, 0.3) is 0 Å². The summed E-state index contributed by atoms with van der Waals surface area (Å²) in [6, 6.07) is 1.99. The SMILES string of the molecule is CCCN(CCN(C)C)c1cc(NC)nc(COC)n1. The van der Waals surface area contributed by atoms with Crippen molar-refractivity contribution in [2.45, 2.75) is 20.0 Å². The highest BCUT2D eigenvalue weighted by Gasteiger charge is 2.11. The van der Waals surface area contributed by atoms with E-state index in [2.05, 4.69) is 46.1 Å². The summed E-state index contributed by atoms with van der Waals surface area (Å²) in [5.41, 5.74) is 0. The molecule has 0 fully saturated rings. The molecule has 1 heterocycles. The molecule has 0 spiro atoms. The smallest absolute Gasteiger partial charge is 0.158 e. The lowest BCUT2D eigenvalue weighted by molar-refractivity contribution is 0.178. The van der Waals surface area contributed by atoms with E-state index in [1.54, 1.807) is 7.11 Å². The molecule has 1 aromatic heterocycles. The van der Waals surface area contributed by atoms with Crippen molar-refractivity contribution in [2.75, 3.05) is 58.1 Å². The Kier molecular flexibility index (Phi) is 7.25. The van der Waals surface area contributed by atoms with Gasteiger partial charge in [0, 0.05) is 39.9 Å². The van der Waals surface area contributed by atoms with Crippen molar-refractivity contribution >= 4 is 11.6 Å². The van der Waals surface area contributed by atoms with E-state index in [0.717, 1.165) is 37.7 Å². The lowest BCUT2D eigenvalue weighted by atomic mass is 10.3. The maximum absolute atomic E-state index is 5.14. The minimum absolute atomic E-state index is 0.427. The first kappa shape index (κ1) is 16.7. The van der Waals surface area contributed by atoms with Gasteiger partial charge in [0.1, 0.15) is 18.2 Å². The fourth-order valence-electron chi connectivity index (χ4n) is 1.90. The van der Waals surface area contributed by atoms with Crippen LogP contribution in [-0.2, 0) is 11.3 Å². The Balaban J connectivity index is 2.94. The number of nitrogens with zero attached hydrogens (tertiary/aromatic N) is 4. The minimum Gasteiger partial charge on any atom is -0.377 e. The highest BCUT2D eigenvalue weighted by atomic mass is 16.5. The van der Waals surface area contributed by atoms with Crippen LogP contribution in [0, 0.1) is 0 Å². The average molecular weight is 281 g/mol. The van der Waals surface area contributed by atoms with E-state index < -0.39 is 0 Å². The fraction of sp³-hybridized carbons (Fsp3) is 0.714. The molecule has 0 unspecified atom stereocenters. The quantitative estimate of drug-likeness (QED) is 0.739. The molecule has 0 aromatic carbocycles. The third-order valence-electron chi connectivity index (χ3n) is 2.92. The predicted molar refractivity (Wildman–Crippen MR) is 83.3 cm³/mol. The lowest BCUT2D eigenvalue weighted by Crippen LogP contribution is -2.33. The summed E-state index contributed by atoms with van der Waals surface area (Å²) in [6.07, 6.45) is 1.09. The van der Waals surface area contributed by atoms with Crippen molar-refractivity contribution in [1.29, 1.82) is 0 Å². The Morgan fingerprint density at radius 3 is 2.50 bits per heavy atom. The summed E-state index contributed by atoms with van der Waals surface area (Å²) in [4.78, 5) is 13.5. The molecule has 6 nitrogen and oxygen atoms in total. The average Bonchev–Trinajstić information content (AvgIpc) is 2.43. The number of likely N-dealkylation sites (N-methyl/N-ethyl adjacent to an activating group) is 1. The van der Waals surface area contributed by atoms with E-state index in [1.807, 2.05) is 13.1 Å². The van der Waals surface area contributed by atoms with Gasteiger partial charge in [0.15, 0.2) is 5.82 Å². The largest absolute Gasteiger partial charge is 0.377 e. The number of nitrogens with one attached hydrogen (secondary N) is 1. The molecule has 0 aliphatic rings. The second-order valence-corrected chi connectivity index (χ2v) is 5.00. The summed E-state index contributed by atoms with van der Waals surface area (Å²) in [5, 5.41) is 3.08. The van der Waals surface area contributed by atoms with Gasteiger partial charge in [0.05, 0.1) is 0 Å². The van der Waals surface area contributed by atoms with Gasteiger partial charge >= 0.3 is 0 Å². The molecule has 0 bridgehead atoms. The number of rotatable bonds is 9. The summed E-state index contributed by atoms with van der Waals surface area (Å²) in [7, 11) is 7.69. The Hall–Kier alpha value is -1.40. The van der Waals surface area contributed by atoms with Crippen LogP contribution in [0.15, 0.2) is 6.07 Å². The van der Waals surface area contributed by atoms with Gasteiger partial charge in [-0.1, -0.05) is 6.92 Å². The maximum atomic E-state index is 5.14. The zero-order valence-corrected chi connectivity index (χ0v) is 13.3. The van der Waals surface area contributed by atoms with E-state index in [4.69, 9.17) is 4.74 Å². The number of aromatic nitrogens is 2. The van der Waals surface area contributed by atoms with Crippen LogP contribution < -0.4 is 10.2 Å². The van der Waals surface area contributed by atoms with Gasteiger partial charge in [0.25, 0.3) is 0 Å². The molecular formula is C14H27N5O. The van der Waals surface area contributed by atoms with Gasteiger partial charge in [-0.05, 0) is 20.5 Å². The highest BCUT2D eigenvalue weighted by molar-refractivity contribution is 5.49. The third kappa shape index (κ3) is 5.30. The first-order chi connectivity index (χ1) is 9.60.